The van der Waals surface area contributed by atoms with E-state index in [9.17, 15) is 4.79 Å². The normalized spacial score (nSPS) is 29.6. The van der Waals surface area contributed by atoms with Crippen LogP contribution in [0.25, 0.3) is 0 Å². The number of ether oxygens (including phenoxy) is 1. The van der Waals surface area contributed by atoms with Gasteiger partial charge in [0.2, 0.25) is 0 Å². The summed E-state index contributed by atoms with van der Waals surface area (Å²) < 4.78 is 5.13. The summed E-state index contributed by atoms with van der Waals surface area (Å²) in [5, 5.41) is 8.82. The van der Waals surface area contributed by atoms with Crippen LogP contribution in [-0.2, 0) is 9.53 Å². The minimum Gasteiger partial charge on any atom is -0.481 e. The molecule has 0 saturated carbocycles. The summed E-state index contributed by atoms with van der Waals surface area (Å²) in [6.07, 6.45) is 0. The maximum absolute atomic E-state index is 10.7. The number of carboxylic acids is 1. The van der Waals surface area contributed by atoms with Crippen molar-refractivity contribution in [2.75, 3.05) is 26.8 Å². The molecule has 1 N–H and O–H groups in total. The van der Waals surface area contributed by atoms with Gasteiger partial charge in [-0.2, -0.15) is 0 Å². The van der Waals surface area contributed by atoms with Crippen molar-refractivity contribution in [3.63, 3.8) is 0 Å². The monoisotopic (exact) mass is 173 g/mol. The molecule has 0 amide bonds. The van der Waals surface area contributed by atoms with Crippen LogP contribution < -0.4 is 0 Å². The molecular weight excluding hydrogens is 158 g/mol. The van der Waals surface area contributed by atoms with Crippen LogP contribution in [0.4, 0.5) is 0 Å². The highest BCUT2D eigenvalue weighted by Crippen LogP contribution is 2.18. The van der Waals surface area contributed by atoms with E-state index in [1.54, 1.807) is 0 Å². The van der Waals surface area contributed by atoms with Gasteiger partial charge in [0.1, 0.15) is 0 Å². The number of carbonyl (C=O) groups is 1. The molecule has 1 rings (SSSR count). The molecule has 0 aromatic carbocycles. The average molecular weight is 173 g/mol. The maximum Gasteiger partial charge on any atom is 0.310 e. The van der Waals surface area contributed by atoms with Crippen LogP contribution in [0.3, 0.4) is 0 Å². The van der Waals surface area contributed by atoms with Crippen LogP contribution in [0.1, 0.15) is 6.92 Å². The molecule has 4 heteroatoms. The molecule has 1 fully saturated rings. The highest BCUT2D eigenvalue weighted by atomic mass is 16.5. The maximum atomic E-state index is 10.7. The lowest BCUT2D eigenvalue weighted by atomic mass is 10.0. The molecule has 0 aliphatic carbocycles. The smallest absolute Gasteiger partial charge is 0.310 e. The largest absolute Gasteiger partial charge is 0.481 e. The standard InChI is InChI=1S/C8H15NO3/c1-3-9(2)7-5-12-4-6(7)8(10)11/h6-7H,3-5H2,1-2H3,(H,10,11). The van der Waals surface area contributed by atoms with Gasteiger partial charge in [-0.15, -0.1) is 0 Å². The van der Waals surface area contributed by atoms with Gasteiger partial charge in [0.15, 0.2) is 0 Å². The molecule has 1 aliphatic heterocycles. The van der Waals surface area contributed by atoms with E-state index in [0.29, 0.717) is 13.2 Å². The van der Waals surface area contributed by atoms with E-state index in [0.717, 1.165) is 6.54 Å². The Bertz CT molecular complexity index is 172. The Kier molecular flexibility index (Phi) is 3.05. The fourth-order valence-corrected chi connectivity index (χ4v) is 1.45. The van der Waals surface area contributed by atoms with E-state index >= 15 is 0 Å². The fraction of sp³-hybridized carbons (Fsp3) is 0.875. The Morgan fingerprint density at radius 2 is 2.33 bits per heavy atom. The van der Waals surface area contributed by atoms with Crippen LogP contribution in [-0.4, -0.2) is 48.8 Å². The van der Waals surface area contributed by atoms with Crippen molar-refractivity contribution in [1.29, 1.82) is 0 Å². The van der Waals surface area contributed by atoms with Gasteiger partial charge in [-0.25, -0.2) is 0 Å². The molecule has 2 unspecified atom stereocenters. The third-order valence-electron chi connectivity index (χ3n) is 2.43. The molecule has 4 nitrogen and oxygen atoms in total. The molecule has 0 aromatic heterocycles. The number of nitrogens with zero attached hydrogens (tertiary/aromatic N) is 1. The van der Waals surface area contributed by atoms with E-state index in [2.05, 4.69) is 0 Å². The first-order chi connectivity index (χ1) is 5.66. The summed E-state index contributed by atoms with van der Waals surface area (Å²) in [7, 11) is 1.93. The molecule has 0 radical (unpaired) electrons. The lowest BCUT2D eigenvalue weighted by Crippen LogP contribution is -2.40. The number of hydrogen-bond acceptors (Lipinski definition) is 3. The van der Waals surface area contributed by atoms with Gasteiger partial charge in [-0.05, 0) is 13.6 Å². The van der Waals surface area contributed by atoms with Crippen molar-refractivity contribution in [2.45, 2.75) is 13.0 Å². The third-order valence-corrected chi connectivity index (χ3v) is 2.43. The van der Waals surface area contributed by atoms with Gasteiger partial charge < -0.3 is 14.7 Å². The molecular formula is C8H15NO3. The third kappa shape index (κ3) is 1.76. The molecule has 1 heterocycles. The fourth-order valence-electron chi connectivity index (χ4n) is 1.45. The molecule has 0 spiro atoms. The summed E-state index contributed by atoms with van der Waals surface area (Å²) in [5.41, 5.74) is 0. The second-order valence-electron chi connectivity index (χ2n) is 3.12. The Labute approximate surface area is 72.1 Å². The summed E-state index contributed by atoms with van der Waals surface area (Å²) in [6.45, 7) is 3.76. The first-order valence-electron chi connectivity index (χ1n) is 4.17. The van der Waals surface area contributed by atoms with Crippen LogP contribution >= 0.6 is 0 Å². The van der Waals surface area contributed by atoms with Crippen LogP contribution in [0.2, 0.25) is 0 Å². The van der Waals surface area contributed by atoms with Crippen molar-refractivity contribution in [2.24, 2.45) is 5.92 Å². The minimum absolute atomic E-state index is 0.0486. The molecule has 1 aliphatic rings. The van der Waals surface area contributed by atoms with Crippen molar-refractivity contribution in [1.82, 2.24) is 4.90 Å². The lowest BCUT2D eigenvalue weighted by molar-refractivity contribution is -0.143. The Hall–Kier alpha value is -0.610. The van der Waals surface area contributed by atoms with Crippen molar-refractivity contribution >= 4 is 5.97 Å². The number of hydrogen-bond donors (Lipinski definition) is 1. The van der Waals surface area contributed by atoms with Crippen molar-refractivity contribution in [3.05, 3.63) is 0 Å². The highest BCUT2D eigenvalue weighted by Gasteiger charge is 2.35. The predicted octanol–water partition coefficient (Wildman–Crippen LogP) is 0.0377. The van der Waals surface area contributed by atoms with E-state index in [-0.39, 0.29) is 12.0 Å². The highest BCUT2D eigenvalue weighted by molar-refractivity contribution is 5.71. The summed E-state index contributed by atoms with van der Waals surface area (Å²) in [6, 6.07) is 0.0486. The molecule has 70 valence electrons. The summed E-state index contributed by atoms with van der Waals surface area (Å²) in [4.78, 5) is 12.7. The first kappa shape index (κ1) is 9.48. The second kappa shape index (κ2) is 3.87. The Morgan fingerprint density at radius 1 is 1.67 bits per heavy atom. The van der Waals surface area contributed by atoms with E-state index < -0.39 is 5.97 Å². The Morgan fingerprint density at radius 3 is 2.83 bits per heavy atom. The Balaban J connectivity index is 2.57. The van der Waals surface area contributed by atoms with Gasteiger partial charge in [-0.1, -0.05) is 6.92 Å². The van der Waals surface area contributed by atoms with E-state index in [1.807, 2.05) is 18.9 Å². The topological polar surface area (TPSA) is 49.8 Å². The van der Waals surface area contributed by atoms with E-state index in [4.69, 9.17) is 9.84 Å². The van der Waals surface area contributed by atoms with Crippen molar-refractivity contribution in [3.8, 4) is 0 Å². The minimum atomic E-state index is -0.752. The first-order valence-corrected chi connectivity index (χ1v) is 4.17. The zero-order valence-electron chi connectivity index (χ0n) is 7.49. The zero-order chi connectivity index (χ0) is 9.14. The zero-order valence-corrected chi connectivity index (χ0v) is 7.49. The average Bonchev–Trinajstić information content (AvgIpc) is 2.50. The van der Waals surface area contributed by atoms with E-state index in [1.165, 1.54) is 0 Å². The number of likely N-dealkylation sites (N-methyl/N-ethyl adjacent to an activating group) is 1. The molecule has 12 heavy (non-hydrogen) atoms. The van der Waals surface area contributed by atoms with Crippen LogP contribution in [0, 0.1) is 5.92 Å². The predicted molar refractivity (Wildman–Crippen MR) is 44.0 cm³/mol. The van der Waals surface area contributed by atoms with Crippen LogP contribution in [0.15, 0.2) is 0 Å². The lowest BCUT2D eigenvalue weighted by Gasteiger charge is -2.24. The van der Waals surface area contributed by atoms with Gasteiger partial charge in [0.25, 0.3) is 0 Å². The van der Waals surface area contributed by atoms with Gasteiger partial charge in [-0.3, -0.25) is 4.79 Å². The quantitative estimate of drug-likeness (QED) is 0.654. The summed E-state index contributed by atoms with van der Waals surface area (Å²) >= 11 is 0. The van der Waals surface area contributed by atoms with Gasteiger partial charge >= 0.3 is 5.97 Å². The molecule has 0 bridgehead atoms. The van der Waals surface area contributed by atoms with Gasteiger partial charge in [0.05, 0.1) is 19.1 Å². The SMILES string of the molecule is CCN(C)C1COCC1C(=O)O. The molecule has 0 aromatic rings. The number of carboxylic acid groups (broad SMARTS) is 1. The molecule has 1 saturated heterocycles. The van der Waals surface area contributed by atoms with Crippen LogP contribution in [0.5, 0.6) is 0 Å². The number of aliphatic carboxylic acids is 1. The summed E-state index contributed by atoms with van der Waals surface area (Å²) in [5.74, 6) is -1.10. The van der Waals surface area contributed by atoms with Gasteiger partial charge in [0, 0.05) is 6.04 Å². The van der Waals surface area contributed by atoms with Crippen molar-refractivity contribution < 1.29 is 14.6 Å². The molecule has 2 atom stereocenters. The number of rotatable bonds is 3. The second-order valence-corrected chi connectivity index (χ2v) is 3.12.